The number of fused-ring (bicyclic) bond motifs is 1. The normalized spacial score (nSPS) is 10.9. The average Bonchev–Trinajstić information content (AvgIpc) is 3.08. The van der Waals surface area contributed by atoms with Gasteiger partial charge in [-0.25, -0.2) is 0 Å². The smallest absolute Gasteiger partial charge is 0.0470 e. The molecule has 22 heavy (non-hydrogen) atoms. The van der Waals surface area contributed by atoms with E-state index in [4.69, 9.17) is 0 Å². The summed E-state index contributed by atoms with van der Waals surface area (Å²) >= 11 is 0. The molecule has 4 aromatic rings. The molecule has 0 amide bonds. The zero-order valence-electron chi connectivity index (χ0n) is 12.3. The van der Waals surface area contributed by atoms with Gasteiger partial charge in [-0.2, -0.15) is 0 Å². The van der Waals surface area contributed by atoms with Gasteiger partial charge in [0.15, 0.2) is 0 Å². The van der Waals surface area contributed by atoms with Crippen LogP contribution in [0.1, 0.15) is 5.56 Å². The maximum atomic E-state index is 2.26. The standard InChI is InChI=1S/C21H17N/c1-2-6-20-15-21(12-11-18(20)5-1)19-9-7-17(8-10-19)16-22-13-3-4-14-22/h1-15H,16H2. The second kappa shape index (κ2) is 5.53. The van der Waals surface area contributed by atoms with Gasteiger partial charge in [0, 0.05) is 18.9 Å². The second-order valence-corrected chi connectivity index (χ2v) is 5.61. The van der Waals surface area contributed by atoms with Gasteiger partial charge in [0.25, 0.3) is 0 Å². The summed E-state index contributed by atoms with van der Waals surface area (Å²) in [4.78, 5) is 0. The topological polar surface area (TPSA) is 4.93 Å². The Labute approximate surface area is 130 Å². The largest absolute Gasteiger partial charge is 0.350 e. The monoisotopic (exact) mass is 283 g/mol. The second-order valence-electron chi connectivity index (χ2n) is 5.61. The summed E-state index contributed by atoms with van der Waals surface area (Å²) in [6, 6.07) is 28.1. The molecule has 0 aliphatic rings. The van der Waals surface area contributed by atoms with Crippen LogP contribution in [-0.4, -0.2) is 4.57 Å². The molecule has 0 atom stereocenters. The highest BCUT2D eigenvalue weighted by Crippen LogP contribution is 2.24. The van der Waals surface area contributed by atoms with E-state index in [1.807, 2.05) is 0 Å². The van der Waals surface area contributed by atoms with Gasteiger partial charge in [-0.15, -0.1) is 0 Å². The minimum absolute atomic E-state index is 0.922. The van der Waals surface area contributed by atoms with Crippen LogP contribution in [0, 0.1) is 0 Å². The van der Waals surface area contributed by atoms with E-state index in [9.17, 15) is 0 Å². The molecule has 3 aromatic carbocycles. The third-order valence-corrected chi connectivity index (χ3v) is 4.07. The van der Waals surface area contributed by atoms with Crippen molar-refractivity contribution >= 4 is 10.8 Å². The van der Waals surface area contributed by atoms with Crippen LogP contribution in [-0.2, 0) is 6.54 Å². The lowest BCUT2D eigenvalue weighted by Crippen LogP contribution is -1.95. The summed E-state index contributed by atoms with van der Waals surface area (Å²) in [7, 11) is 0. The minimum Gasteiger partial charge on any atom is -0.350 e. The predicted octanol–water partition coefficient (Wildman–Crippen LogP) is 5.36. The lowest BCUT2D eigenvalue weighted by Gasteiger charge is -2.07. The molecule has 106 valence electrons. The van der Waals surface area contributed by atoms with Crippen molar-refractivity contribution in [1.29, 1.82) is 0 Å². The SMILES string of the molecule is c1ccc2cc(-c3ccc(Cn4cccc4)cc3)ccc2c1. The van der Waals surface area contributed by atoms with Crippen molar-refractivity contribution in [2.75, 3.05) is 0 Å². The minimum atomic E-state index is 0.922. The lowest BCUT2D eigenvalue weighted by molar-refractivity contribution is 0.806. The fourth-order valence-electron chi connectivity index (χ4n) is 2.86. The summed E-state index contributed by atoms with van der Waals surface area (Å²) in [5.41, 5.74) is 3.86. The van der Waals surface area contributed by atoms with Crippen LogP contribution in [0.3, 0.4) is 0 Å². The van der Waals surface area contributed by atoms with Crippen molar-refractivity contribution in [3.05, 3.63) is 96.8 Å². The first-order chi connectivity index (χ1) is 10.9. The van der Waals surface area contributed by atoms with Crippen LogP contribution in [0.4, 0.5) is 0 Å². The van der Waals surface area contributed by atoms with E-state index < -0.39 is 0 Å². The van der Waals surface area contributed by atoms with E-state index in [2.05, 4.69) is 95.8 Å². The van der Waals surface area contributed by atoms with Gasteiger partial charge in [0.05, 0.1) is 0 Å². The molecular weight excluding hydrogens is 266 g/mol. The van der Waals surface area contributed by atoms with E-state index in [0.717, 1.165) is 6.54 Å². The molecule has 0 saturated carbocycles. The van der Waals surface area contributed by atoms with Crippen LogP contribution in [0.25, 0.3) is 21.9 Å². The third kappa shape index (κ3) is 2.53. The zero-order valence-corrected chi connectivity index (χ0v) is 12.3. The van der Waals surface area contributed by atoms with Crippen molar-refractivity contribution in [3.63, 3.8) is 0 Å². The van der Waals surface area contributed by atoms with Gasteiger partial charge in [0.2, 0.25) is 0 Å². The highest BCUT2D eigenvalue weighted by Gasteiger charge is 2.00. The van der Waals surface area contributed by atoms with Crippen molar-refractivity contribution in [3.8, 4) is 11.1 Å². The van der Waals surface area contributed by atoms with Gasteiger partial charge in [-0.05, 0) is 45.7 Å². The van der Waals surface area contributed by atoms with Crippen LogP contribution in [0.5, 0.6) is 0 Å². The Morgan fingerprint density at radius 3 is 2.05 bits per heavy atom. The molecule has 0 aliphatic carbocycles. The Bertz CT molecular complexity index is 887. The van der Waals surface area contributed by atoms with Crippen LogP contribution in [0.15, 0.2) is 91.3 Å². The molecule has 1 heterocycles. The van der Waals surface area contributed by atoms with E-state index in [-0.39, 0.29) is 0 Å². The van der Waals surface area contributed by atoms with Crippen molar-refractivity contribution in [1.82, 2.24) is 4.57 Å². The van der Waals surface area contributed by atoms with Gasteiger partial charge < -0.3 is 4.57 Å². The maximum absolute atomic E-state index is 2.26. The first-order valence-electron chi connectivity index (χ1n) is 7.57. The number of rotatable bonds is 3. The molecule has 0 N–H and O–H groups in total. The highest BCUT2D eigenvalue weighted by atomic mass is 14.9. The van der Waals surface area contributed by atoms with Crippen molar-refractivity contribution in [2.24, 2.45) is 0 Å². The van der Waals surface area contributed by atoms with Crippen LogP contribution >= 0.6 is 0 Å². The average molecular weight is 283 g/mol. The molecule has 1 heteroatoms. The quantitative estimate of drug-likeness (QED) is 0.477. The molecule has 0 aliphatic heterocycles. The number of aromatic nitrogens is 1. The predicted molar refractivity (Wildman–Crippen MR) is 92.9 cm³/mol. The summed E-state index contributed by atoms with van der Waals surface area (Å²) in [5.74, 6) is 0. The van der Waals surface area contributed by atoms with E-state index in [1.54, 1.807) is 0 Å². The molecule has 4 rings (SSSR count). The van der Waals surface area contributed by atoms with Crippen LogP contribution in [0.2, 0.25) is 0 Å². The Kier molecular flexibility index (Phi) is 3.24. The van der Waals surface area contributed by atoms with Gasteiger partial charge >= 0.3 is 0 Å². The molecule has 0 unspecified atom stereocenters. The number of hydrogen-bond acceptors (Lipinski definition) is 0. The summed E-state index contributed by atoms with van der Waals surface area (Å²) in [6.45, 7) is 0.922. The fourth-order valence-corrected chi connectivity index (χ4v) is 2.86. The van der Waals surface area contributed by atoms with E-state index in [1.165, 1.54) is 27.5 Å². The van der Waals surface area contributed by atoms with E-state index >= 15 is 0 Å². The summed E-state index contributed by atoms with van der Waals surface area (Å²) < 4.78 is 2.19. The first kappa shape index (κ1) is 12.9. The molecular formula is C21H17N. The van der Waals surface area contributed by atoms with Gasteiger partial charge in [-0.1, -0.05) is 60.7 Å². The summed E-state index contributed by atoms with van der Waals surface area (Å²) in [6.07, 6.45) is 4.19. The van der Waals surface area contributed by atoms with Gasteiger partial charge in [-0.3, -0.25) is 0 Å². The van der Waals surface area contributed by atoms with Crippen molar-refractivity contribution < 1.29 is 0 Å². The Balaban J connectivity index is 1.63. The molecule has 0 bridgehead atoms. The first-order valence-corrected chi connectivity index (χ1v) is 7.57. The third-order valence-electron chi connectivity index (χ3n) is 4.07. The number of benzene rings is 3. The summed E-state index contributed by atoms with van der Waals surface area (Å²) in [5, 5.41) is 2.58. The van der Waals surface area contributed by atoms with Crippen LogP contribution < -0.4 is 0 Å². The molecule has 0 fully saturated rings. The van der Waals surface area contributed by atoms with E-state index in [0.29, 0.717) is 0 Å². The molecule has 0 saturated heterocycles. The van der Waals surface area contributed by atoms with Crippen molar-refractivity contribution in [2.45, 2.75) is 6.54 Å². The molecule has 0 spiro atoms. The molecule has 1 nitrogen and oxygen atoms in total. The number of nitrogens with zero attached hydrogens (tertiary/aromatic N) is 1. The van der Waals surface area contributed by atoms with Gasteiger partial charge in [0.1, 0.15) is 0 Å². The Hall–Kier alpha value is -2.80. The molecule has 0 radical (unpaired) electrons. The fraction of sp³-hybridized carbons (Fsp3) is 0.0476. The maximum Gasteiger partial charge on any atom is 0.0470 e. The Morgan fingerprint density at radius 1 is 0.591 bits per heavy atom. The zero-order chi connectivity index (χ0) is 14.8. The lowest BCUT2D eigenvalue weighted by atomic mass is 10.0. The molecule has 1 aromatic heterocycles. The number of hydrogen-bond donors (Lipinski definition) is 0. The highest BCUT2D eigenvalue weighted by molar-refractivity contribution is 5.87. The Morgan fingerprint density at radius 2 is 1.27 bits per heavy atom.